The van der Waals surface area contributed by atoms with Crippen LogP contribution in [-0.2, 0) is 0 Å². The average molecular weight is 210 g/mol. The number of aliphatic hydroxyl groups is 1. The second-order valence-corrected chi connectivity index (χ2v) is 4.51. The minimum atomic E-state index is -0.305. The van der Waals surface area contributed by atoms with Crippen LogP contribution in [0.2, 0.25) is 0 Å². The zero-order valence-corrected chi connectivity index (χ0v) is 9.68. The molecule has 0 aliphatic heterocycles. The van der Waals surface area contributed by atoms with Gasteiger partial charge < -0.3 is 5.11 Å². The highest BCUT2D eigenvalue weighted by Gasteiger charge is 2.03. The van der Waals surface area contributed by atoms with Gasteiger partial charge >= 0.3 is 0 Å². The van der Waals surface area contributed by atoms with E-state index < -0.39 is 0 Å². The largest absolute Gasteiger partial charge is 0.388 e. The van der Waals surface area contributed by atoms with Gasteiger partial charge in [0.05, 0.1) is 6.10 Å². The summed E-state index contributed by atoms with van der Waals surface area (Å²) in [5.41, 5.74) is 1.02. The summed E-state index contributed by atoms with van der Waals surface area (Å²) in [7, 11) is 0. The van der Waals surface area contributed by atoms with Crippen LogP contribution in [0.3, 0.4) is 0 Å². The Kier molecular flexibility index (Phi) is 5.05. The van der Waals surface area contributed by atoms with Crippen LogP contribution in [0.1, 0.15) is 38.4 Å². The standard InChI is InChI=1S/C12H18OS/c1-3-9-14-11-7-5-10(6-8-11)12(13)4-2/h5-8,12-13H,3-4,9H2,1-2H3/t12-/m0/s1. The van der Waals surface area contributed by atoms with E-state index in [1.807, 2.05) is 30.8 Å². The van der Waals surface area contributed by atoms with Gasteiger partial charge in [0.2, 0.25) is 0 Å². The van der Waals surface area contributed by atoms with Crippen molar-refractivity contribution in [3.63, 3.8) is 0 Å². The Labute approximate surface area is 90.5 Å². The van der Waals surface area contributed by atoms with Crippen LogP contribution in [0.25, 0.3) is 0 Å². The molecule has 78 valence electrons. The van der Waals surface area contributed by atoms with Crippen molar-refractivity contribution in [2.45, 2.75) is 37.7 Å². The number of hydrogen-bond donors (Lipinski definition) is 1. The van der Waals surface area contributed by atoms with Gasteiger partial charge in [0, 0.05) is 4.90 Å². The van der Waals surface area contributed by atoms with E-state index in [0.717, 1.165) is 17.7 Å². The zero-order chi connectivity index (χ0) is 10.4. The van der Waals surface area contributed by atoms with Gasteiger partial charge in [-0.05, 0) is 36.3 Å². The summed E-state index contributed by atoms with van der Waals surface area (Å²) in [6.07, 6.45) is 1.67. The lowest BCUT2D eigenvalue weighted by molar-refractivity contribution is 0.173. The van der Waals surface area contributed by atoms with Crippen molar-refractivity contribution in [3.05, 3.63) is 29.8 Å². The van der Waals surface area contributed by atoms with Gasteiger partial charge in [0.25, 0.3) is 0 Å². The molecular formula is C12H18OS. The molecule has 0 saturated heterocycles. The monoisotopic (exact) mass is 210 g/mol. The highest BCUT2D eigenvalue weighted by atomic mass is 32.2. The van der Waals surface area contributed by atoms with Gasteiger partial charge in [-0.2, -0.15) is 0 Å². The van der Waals surface area contributed by atoms with Gasteiger partial charge in [-0.1, -0.05) is 26.0 Å². The Morgan fingerprint density at radius 3 is 2.36 bits per heavy atom. The van der Waals surface area contributed by atoms with E-state index in [9.17, 15) is 5.11 Å². The molecule has 1 aromatic carbocycles. The first-order valence-corrected chi connectivity index (χ1v) is 6.17. The summed E-state index contributed by atoms with van der Waals surface area (Å²) in [5, 5.41) is 9.59. The van der Waals surface area contributed by atoms with Crippen LogP contribution in [0.5, 0.6) is 0 Å². The lowest BCUT2D eigenvalue weighted by atomic mass is 10.1. The number of benzene rings is 1. The number of hydrogen-bond acceptors (Lipinski definition) is 2. The van der Waals surface area contributed by atoms with Crippen LogP contribution in [0, 0.1) is 0 Å². The molecule has 1 rings (SSSR count). The van der Waals surface area contributed by atoms with E-state index in [1.165, 1.54) is 11.3 Å². The normalized spacial score (nSPS) is 12.8. The van der Waals surface area contributed by atoms with Crippen molar-refractivity contribution < 1.29 is 5.11 Å². The molecule has 0 fully saturated rings. The lowest BCUT2D eigenvalue weighted by Gasteiger charge is -2.08. The molecule has 14 heavy (non-hydrogen) atoms. The van der Waals surface area contributed by atoms with E-state index >= 15 is 0 Å². The molecule has 1 atom stereocenters. The topological polar surface area (TPSA) is 20.2 Å². The lowest BCUT2D eigenvalue weighted by Crippen LogP contribution is -1.94. The minimum Gasteiger partial charge on any atom is -0.388 e. The Morgan fingerprint density at radius 2 is 1.86 bits per heavy atom. The first kappa shape index (κ1) is 11.6. The van der Waals surface area contributed by atoms with Crippen LogP contribution in [-0.4, -0.2) is 10.9 Å². The molecule has 1 aromatic rings. The van der Waals surface area contributed by atoms with E-state index in [2.05, 4.69) is 19.1 Å². The quantitative estimate of drug-likeness (QED) is 0.749. The third-order valence-electron chi connectivity index (χ3n) is 2.12. The fraction of sp³-hybridized carbons (Fsp3) is 0.500. The minimum absolute atomic E-state index is 0.305. The molecule has 2 heteroatoms. The average Bonchev–Trinajstić information content (AvgIpc) is 2.26. The predicted molar refractivity (Wildman–Crippen MR) is 62.7 cm³/mol. The second-order valence-electron chi connectivity index (χ2n) is 3.34. The Morgan fingerprint density at radius 1 is 1.21 bits per heavy atom. The molecule has 0 aliphatic rings. The molecule has 0 unspecified atom stereocenters. The fourth-order valence-corrected chi connectivity index (χ4v) is 2.01. The van der Waals surface area contributed by atoms with Crippen molar-refractivity contribution in [1.82, 2.24) is 0 Å². The van der Waals surface area contributed by atoms with Crippen molar-refractivity contribution in [3.8, 4) is 0 Å². The van der Waals surface area contributed by atoms with Gasteiger partial charge in [-0.3, -0.25) is 0 Å². The van der Waals surface area contributed by atoms with Crippen LogP contribution < -0.4 is 0 Å². The van der Waals surface area contributed by atoms with Crippen molar-refractivity contribution >= 4 is 11.8 Å². The van der Waals surface area contributed by atoms with Gasteiger partial charge in [0.15, 0.2) is 0 Å². The summed E-state index contributed by atoms with van der Waals surface area (Å²) in [5.74, 6) is 1.16. The van der Waals surface area contributed by atoms with Gasteiger partial charge in [0.1, 0.15) is 0 Å². The van der Waals surface area contributed by atoms with Crippen LogP contribution in [0.4, 0.5) is 0 Å². The van der Waals surface area contributed by atoms with E-state index in [0.29, 0.717) is 0 Å². The Bertz CT molecular complexity index is 256. The summed E-state index contributed by atoms with van der Waals surface area (Å²) < 4.78 is 0. The summed E-state index contributed by atoms with van der Waals surface area (Å²) in [4.78, 5) is 1.29. The third kappa shape index (κ3) is 3.35. The highest BCUT2D eigenvalue weighted by Crippen LogP contribution is 2.22. The molecule has 0 radical (unpaired) electrons. The van der Waals surface area contributed by atoms with Gasteiger partial charge in [-0.15, -0.1) is 11.8 Å². The molecular weight excluding hydrogens is 192 g/mol. The zero-order valence-electron chi connectivity index (χ0n) is 8.86. The molecule has 0 heterocycles. The van der Waals surface area contributed by atoms with Gasteiger partial charge in [-0.25, -0.2) is 0 Å². The first-order valence-electron chi connectivity index (χ1n) is 5.18. The Hall–Kier alpha value is -0.470. The third-order valence-corrected chi connectivity index (χ3v) is 3.34. The SMILES string of the molecule is CCCSc1ccc([C@@H](O)CC)cc1. The van der Waals surface area contributed by atoms with Crippen molar-refractivity contribution in [2.75, 3.05) is 5.75 Å². The highest BCUT2D eigenvalue weighted by molar-refractivity contribution is 7.99. The predicted octanol–water partition coefficient (Wildman–Crippen LogP) is 3.63. The Balaban J connectivity index is 2.59. The van der Waals surface area contributed by atoms with Crippen molar-refractivity contribution in [1.29, 1.82) is 0 Å². The van der Waals surface area contributed by atoms with E-state index in [4.69, 9.17) is 0 Å². The number of aliphatic hydroxyl groups excluding tert-OH is 1. The summed E-state index contributed by atoms with van der Waals surface area (Å²) in [6, 6.07) is 8.22. The summed E-state index contributed by atoms with van der Waals surface area (Å²) >= 11 is 1.87. The maximum absolute atomic E-state index is 9.59. The molecule has 0 saturated carbocycles. The summed E-state index contributed by atoms with van der Waals surface area (Å²) in [6.45, 7) is 4.17. The molecule has 0 aromatic heterocycles. The fourth-order valence-electron chi connectivity index (χ4n) is 1.24. The van der Waals surface area contributed by atoms with Crippen molar-refractivity contribution in [2.24, 2.45) is 0 Å². The molecule has 0 aliphatic carbocycles. The molecule has 1 nitrogen and oxygen atoms in total. The van der Waals surface area contributed by atoms with E-state index in [-0.39, 0.29) is 6.10 Å². The second kappa shape index (κ2) is 6.10. The van der Waals surface area contributed by atoms with Crippen LogP contribution >= 0.6 is 11.8 Å². The first-order chi connectivity index (χ1) is 6.77. The maximum Gasteiger partial charge on any atom is 0.0787 e. The maximum atomic E-state index is 9.59. The molecule has 0 bridgehead atoms. The molecule has 1 N–H and O–H groups in total. The smallest absolute Gasteiger partial charge is 0.0787 e. The van der Waals surface area contributed by atoms with E-state index in [1.54, 1.807) is 0 Å². The molecule has 0 amide bonds. The number of thioether (sulfide) groups is 1. The number of rotatable bonds is 5. The van der Waals surface area contributed by atoms with Crippen LogP contribution in [0.15, 0.2) is 29.2 Å². The molecule has 0 spiro atoms.